The molecule has 2 atom stereocenters. The van der Waals surface area contributed by atoms with Gasteiger partial charge in [-0.1, -0.05) is 19.1 Å². The average molecular weight is 293 g/mol. The molecule has 0 aliphatic carbocycles. The van der Waals surface area contributed by atoms with Crippen LogP contribution < -0.4 is 4.74 Å². The Labute approximate surface area is 125 Å². The Hall–Kier alpha value is -2.04. The van der Waals surface area contributed by atoms with Gasteiger partial charge in [0.15, 0.2) is 0 Å². The zero-order chi connectivity index (χ0) is 16.0. The number of amides is 1. The van der Waals surface area contributed by atoms with Gasteiger partial charge in [-0.3, -0.25) is 9.59 Å². The van der Waals surface area contributed by atoms with E-state index in [1.807, 2.05) is 31.2 Å². The molecule has 0 radical (unpaired) electrons. The lowest BCUT2D eigenvalue weighted by atomic mass is 10.00. The van der Waals surface area contributed by atoms with Crippen molar-refractivity contribution in [3.05, 3.63) is 29.8 Å². The van der Waals surface area contributed by atoms with Crippen molar-refractivity contribution in [3.8, 4) is 5.75 Å². The lowest BCUT2D eigenvalue weighted by Crippen LogP contribution is -2.38. The van der Waals surface area contributed by atoms with Crippen molar-refractivity contribution in [1.29, 1.82) is 0 Å². The largest absolute Gasteiger partial charge is 0.497 e. The Morgan fingerprint density at radius 3 is 2.29 bits per heavy atom. The van der Waals surface area contributed by atoms with Crippen molar-refractivity contribution in [1.82, 2.24) is 4.90 Å². The number of methoxy groups -OCH3 is 1. The highest BCUT2D eigenvalue weighted by molar-refractivity contribution is 5.96. The van der Waals surface area contributed by atoms with Crippen LogP contribution in [0.3, 0.4) is 0 Å². The number of hydrogen-bond donors (Lipinski definition) is 1. The van der Waals surface area contributed by atoms with Gasteiger partial charge in [-0.2, -0.15) is 0 Å². The predicted octanol–water partition coefficient (Wildman–Crippen LogP) is 2.05. The summed E-state index contributed by atoms with van der Waals surface area (Å²) in [5.41, 5.74) is 1.16. The first kappa shape index (κ1) is 17.0. The van der Waals surface area contributed by atoms with E-state index in [4.69, 9.17) is 9.84 Å². The van der Waals surface area contributed by atoms with Gasteiger partial charge in [-0.05, 0) is 37.0 Å². The van der Waals surface area contributed by atoms with E-state index in [1.54, 1.807) is 14.2 Å². The number of carboxylic acids is 1. The Morgan fingerprint density at radius 1 is 1.24 bits per heavy atom. The third kappa shape index (κ3) is 5.10. The highest BCUT2D eigenvalue weighted by Gasteiger charge is 2.24. The minimum atomic E-state index is -1.09. The number of carboxylic acid groups (broad SMARTS) is 1. The van der Waals surface area contributed by atoms with E-state index < -0.39 is 11.9 Å². The molecule has 0 aliphatic heterocycles. The molecule has 0 bridgehead atoms. The van der Waals surface area contributed by atoms with E-state index in [9.17, 15) is 9.59 Å². The van der Waals surface area contributed by atoms with Gasteiger partial charge in [-0.25, -0.2) is 0 Å². The van der Waals surface area contributed by atoms with Gasteiger partial charge >= 0.3 is 5.97 Å². The van der Waals surface area contributed by atoms with Crippen LogP contribution in [-0.4, -0.2) is 42.6 Å². The fourth-order valence-corrected chi connectivity index (χ4v) is 2.22. The van der Waals surface area contributed by atoms with Crippen LogP contribution in [0.1, 0.15) is 19.4 Å². The highest BCUT2D eigenvalue weighted by Crippen LogP contribution is 2.15. The van der Waals surface area contributed by atoms with Gasteiger partial charge in [0, 0.05) is 13.6 Å². The van der Waals surface area contributed by atoms with Crippen molar-refractivity contribution in [2.75, 3.05) is 20.7 Å². The molecule has 5 heteroatoms. The number of hydrogen-bond acceptors (Lipinski definition) is 3. The second-order valence-electron chi connectivity index (χ2n) is 5.44. The van der Waals surface area contributed by atoms with Crippen LogP contribution in [0.5, 0.6) is 5.75 Å². The van der Waals surface area contributed by atoms with Gasteiger partial charge in [0.25, 0.3) is 0 Å². The summed E-state index contributed by atoms with van der Waals surface area (Å²) in [6.45, 7) is 3.98. The number of aliphatic carboxylic acids is 1. The summed E-state index contributed by atoms with van der Waals surface area (Å²) in [6.07, 6.45) is 0.822. The Morgan fingerprint density at radius 2 is 1.81 bits per heavy atom. The molecular weight excluding hydrogens is 270 g/mol. The number of carbonyl (C=O) groups excluding carboxylic acids is 1. The standard InChI is InChI=1S/C16H23NO4/c1-11(9-13-5-7-14(21-4)8-6-13)10-17(3)15(18)12(2)16(19)20/h5-8,11-12H,9-10H2,1-4H3,(H,19,20). The maximum atomic E-state index is 11.9. The predicted molar refractivity (Wildman–Crippen MR) is 80.3 cm³/mol. The summed E-state index contributed by atoms with van der Waals surface area (Å²) in [5, 5.41) is 8.86. The zero-order valence-electron chi connectivity index (χ0n) is 13.0. The van der Waals surface area contributed by atoms with Crippen molar-refractivity contribution in [2.24, 2.45) is 11.8 Å². The average Bonchev–Trinajstić information content (AvgIpc) is 2.46. The molecule has 1 N–H and O–H groups in total. The smallest absolute Gasteiger partial charge is 0.315 e. The molecule has 1 aromatic rings. The van der Waals surface area contributed by atoms with Gasteiger partial charge in [-0.15, -0.1) is 0 Å². The van der Waals surface area contributed by atoms with Crippen LogP contribution in [0.25, 0.3) is 0 Å². The molecule has 0 fully saturated rings. The van der Waals surface area contributed by atoms with E-state index in [2.05, 4.69) is 0 Å². The first-order valence-corrected chi connectivity index (χ1v) is 6.95. The Kier molecular flexibility index (Phi) is 6.21. The molecule has 0 spiro atoms. The summed E-state index contributed by atoms with van der Waals surface area (Å²) in [7, 11) is 3.27. The molecule has 1 amide bonds. The minimum absolute atomic E-state index is 0.244. The van der Waals surface area contributed by atoms with Crippen molar-refractivity contribution in [2.45, 2.75) is 20.3 Å². The third-order valence-corrected chi connectivity index (χ3v) is 3.45. The molecule has 1 aromatic carbocycles. The second-order valence-corrected chi connectivity index (χ2v) is 5.44. The monoisotopic (exact) mass is 293 g/mol. The zero-order valence-corrected chi connectivity index (χ0v) is 13.0. The molecular formula is C16H23NO4. The van der Waals surface area contributed by atoms with E-state index in [0.717, 1.165) is 17.7 Å². The number of benzene rings is 1. The fourth-order valence-electron chi connectivity index (χ4n) is 2.22. The Balaban J connectivity index is 2.54. The maximum absolute atomic E-state index is 11.9. The van der Waals surface area contributed by atoms with Gasteiger partial charge in [0.2, 0.25) is 5.91 Å². The van der Waals surface area contributed by atoms with E-state index >= 15 is 0 Å². The van der Waals surface area contributed by atoms with Crippen LogP contribution in [0.4, 0.5) is 0 Å². The number of rotatable bonds is 7. The summed E-state index contributed by atoms with van der Waals surface area (Å²) < 4.78 is 5.11. The molecule has 0 heterocycles. The van der Waals surface area contributed by atoms with E-state index in [0.29, 0.717) is 6.54 Å². The minimum Gasteiger partial charge on any atom is -0.497 e. The van der Waals surface area contributed by atoms with E-state index in [1.165, 1.54) is 11.8 Å². The molecule has 0 aromatic heterocycles. The van der Waals surface area contributed by atoms with Crippen LogP contribution in [0.2, 0.25) is 0 Å². The summed E-state index contributed by atoms with van der Waals surface area (Å²) in [6, 6.07) is 7.81. The second kappa shape index (κ2) is 7.67. The molecule has 116 valence electrons. The van der Waals surface area contributed by atoms with Crippen LogP contribution in [0, 0.1) is 11.8 Å². The number of nitrogens with zero attached hydrogens (tertiary/aromatic N) is 1. The molecule has 21 heavy (non-hydrogen) atoms. The number of ether oxygens (including phenoxy) is 1. The lowest BCUT2D eigenvalue weighted by molar-refractivity contribution is -0.149. The maximum Gasteiger partial charge on any atom is 0.315 e. The topological polar surface area (TPSA) is 66.8 Å². The normalized spacial score (nSPS) is 13.3. The summed E-state index contributed by atoms with van der Waals surface area (Å²) >= 11 is 0. The first-order chi connectivity index (χ1) is 9.85. The molecule has 1 rings (SSSR count). The lowest BCUT2D eigenvalue weighted by Gasteiger charge is -2.23. The Bertz CT molecular complexity index is 484. The fraction of sp³-hybridized carbons (Fsp3) is 0.500. The van der Waals surface area contributed by atoms with Crippen molar-refractivity contribution >= 4 is 11.9 Å². The van der Waals surface area contributed by atoms with Crippen LogP contribution >= 0.6 is 0 Å². The summed E-state index contributed by atoms with van der Waals surface area (Å²) in [4.78, 5) is 24.2. The molecule has 5 nitrogen and oxygen atoms in total. The quantitative estimate of drug-likeness (QED) is 0.781. The number of carbonyl (C=O) groups is 2. The van der Waals surface area contributed by atoms with Crippen LogP contribution in [0.15, 0.2) is 24.3 Å². The van der Waals surface area contributed by atoms with Crippen LogP contribution in [-0.2, 0) is 16.0 Å². The highest BCUT2D eigenvalue weighted by atomic mass is 16.5. The SMILES string of the molecule is COc1ccc(CC(C)CN(C)C(=O)C(C)C(=O)O)cc1. The molecule has 0 aliphatic rings. The van der Waals surface area contributed by atoms with Gasteiger partial charge in [0.1, 0.15) is 11.7 Å². The van der Waals surface area contributed by atoms with Gasteiger partial charge in [0.05, 0.1) is 7.11 Å². The van der Waals surface area contributed by atoms with Crippen molar-refractivity contribution < 1.29 is 19.4 Å². The summed E-state index contributed by atoms with van der Waals surface area (Å²) in [5.74, 6) is -1.38. The molecule has 0 saturated carbocycles. The van der Waals surface area contributed by atoms with Crippen molar-refractivity contribution in [3.63, 3.8) is 0 Å². The molecule has 0 saturated heterocycles. The third-order valence-electron chi connectivity index (χ3n) is 3.45. The first-order valence-electron chi connectivity index (χ1n) is 6.95. The van der Waals surface area contributed by atoms with Gasteiger partial charge < -0.3 is 14.7 Å². The molecule has 2 unspecified atom stereocenters. The van der Waals surface area contributed by atoms with E-state index in [-0.39, 0.29) is 11.8 Å².